The molecule has 2 aliphatic rings. The highest BCUT2D eigenvalue weighted by Crippen LogP contribution is 2.41. The van der Waals surface area contributed by atoms with E-state index in [1.54, 1.807) is 18.2 Å². The lowest BCUT2D eigenvalue weighted by Crippen LogP contribution is -2.71. The number of aromatic nitrogens is 2. The zero-order valence-corrected chi connectivity index (χ0v) is 21.0. The minimum atomic E-state index is -1.31. The molecule has 0 aliphatic carbocycles. The van der Waals surface area contributed by atoms with Crippen LogP contribution in [0.15, 0.2) is 45.2 Å². The lowest BCUT2D eigenvalue weighted by molar-refractivity contribution is -0.150. The number of nitrogens with one attached hydrogen (secondary N) is 2. The van der Waals surface area contributed by atoms with E-state index >= 15 is 0 Å². The summed E-state index contributed by atoms with van der Waals surface area (Å²) in [4.78, 5) is 60.7. The molecule has 2 aliphatic heterocycles. The molecule has 15 nitrogen and oxygen atoms in total. The van der Waals surface area contributed by atoms with Gasteiger partial charge in [-0.25, -0.2) is 9.59 Å². The van der Waals surface area contributed by atoms with Gasteiger partial charge >= 0.3 is 18.0 Å². The van der Waals surface area contributed by atoms with Crippen LogP contribution < -0.4 is 22.1 Å². The number of carboxylic acids is 2. The van der Waals surface area contributed by atoms with Crippen molar-refractivity contribution in [2.75, 3.05) is 16.8 Å². The van der Waals surface area contributed by atoms with Crippen LogP contribution in [-0.2, 0) is 25.6 Å². The maximum absolute atomic E-state index is 12.9. The van der Waals surface area contributed by atoms with E-state index in [4.69, 9.17) is 21.0 Å². The molecule has 17 heteroatoms. The third-order valence-corrected chi connectivity index (χ3v) is 7.71. The van der Waals surface area contributed by atoms with Crippen LogP contribution in [0.1, 0.15) is 17.5 Å². The molecule has 0 saturated carbocycles. The fraction of sp³-hybridized carbons (Fsp3) is 0.286. The summed E-state index contributed by atoms with van der Waals surface area (Å²) in [7, 11) is 0. The van der Waals surface area contributed by atoms with E-state index in [-0.39, 0.29) is 28.3 Å². The molecular weight excluding hydrogens is 542 g/mol. The molecule has 0 spiro atoms. The number of β-lactam (4-membered cyclic amide) rings is 1. The number of carbonyl (C=O) groups is 5. The smallest absolute Gasteiger partial charge is 0.352 e. The number of primary amides is 1. The molecule has 0 radical (unpaired) electrons. The Balaban J connectivity index is 1.42. The average Bonchev–Trinajstić information content (AvgIpc) is 3.30. The van der Waals surface area contributed by atoms with Crippen LogP contribution >= 0.6 is 23.5 Å². The fourth-order valence-electron chi connectivity index (χ4n) is 3.79. The van der Waals surface area contributed by atoms with Crippen molar-refractivity contribution < 1.29 is 38.6 Å². The van der Waals surface area contributed by atoms with E-state index in [1.165, 1.54) is 17.8 Å². The highest BCUT2D eigenvalue weighted by atomic mass is 32.2. The summed E-state index contributed by atoms with van der Waals surface area (Å²) in [6, 6.07) is 3.26. The molecule has 1 aromatic carbocycles. The van der Waals surface area contributed by atoms with Crippen LogP contribution in [0.5, 0.6) is 0 Å². The predicted molar refractivity (Wildman–Crippen MR) is 133 cm³/mol. The molecule has 38 heavy (non-hydrogen) atoms. The first-order valence-corrected chi connectivity index (χ1v) is 12.9. The molecule has 2 aromatic rings. The summed E-state index contributed by atoms with van der Waals surface area (Å²) in [5.41, 5.74) is 12.1. The summed E-state index contributed by atoms with van der Waals surface area (Å²) >= 11 is 2.29. The topological polar surface area (TPSA) is 244 Å². The van der Waals surface area contributed by atoms with Crippen molar-refractivity contribution in [1.82, 2.24) is 20.4 Å². The zero-order chi connectivity index (χ0) is 27.6. The van der Waals surface area contributed by atoms with Gasteiger partial charge in [-0.05, 0) is 23.3 Å². The number of hydrogen-bond donors (Lipinski definition) is 6. The summed E-state index contributed by atoms with van der Waals surface area (Å²) in [5.74, 6) is -3.43. The van der Waals surface area contributed by atoms with Gasteiger partial charge in [-0.15, -0.1) is 22.0 Å². The van der Waals surface area contributed by atoms with Crippen molar-refractivity contribution in [1.29, 1.82) is 0 Å². The Labute approximate surface area is 222 Å². The first-order chi connectivity index (χ1) is 18.0. The third kappa shape index (κ3) is 5.74. The lowest BCUT2D eigenvalue weighted by atomic mass is 10.0. The normalized spacial score (nSPS) is 19.3. The van der Waals surface area contributed by atoms with Crippen LogP contribution in [-0.4, -0.2) is 78.0 Å². The number of urea groups is 1. The number of thioether (sulfide) groups is 2. The van der Waals surface area contributed by atoms with Crippen LogP contribution in [0.2, 0.25) is 0 Å². The van der Waals surface area contributed by atoms with Crippen molar-refractivity contribution in [2.24, 2.45) is 11.5 Å². The number of fused-ring (bicyclic) bond motifs is 1. The molecule has 8 N–H and O–H groups in total. The summed E-state index contributed by atoms with van der Waals surface area (Å²) in [6.07, 6.45) is -0.442. The molecule has 1 saturated heterocycles. The summed E-state index contributed by atoms with van der Waals surface area (Å²) < 4.78 is 5.23. The molecule has 200 valence electrons. The van der Waals surface area contributed by atoms with Gasteiger partial charge < -0.3 is 36.7 Å². The summed E-state index contributed by atoms with van der Waals surface area (Å²) in [5, 5.41) is 30.3. The quantitative estimate of drug-likeness (QED) is 0.161. The van der Waals surface area contributed by atoms with Crippen LogP contribution in [0.3, 0.4) is 0 Å². The Morgan fingerprint density at radius 2 is 2.03 bits per heavy atom. The second-order valence-electron chi connectivity index (χ2n) is 8.07. The van der Waals surface area contributed by atoms with Crippen molar-refractivity contribution in [3.8, 4) is 0 Å². The van der Waals surface area contributed by atoms with Crippen molar-refractivity contribution in [3.63, 3.8) is 0 Å². The first kappa shape index (κ1) is 27.0. The number of carboxylic acid groups (broad SMARTS) is 2. The van der Waals surface area contributed by atoms with Crippen LogP contribution in [0.4, 0.5) is 10.5 Å². The molecule has 4 amide bonds. The van der Waals surface area contributed by atoms with E-state index in [2.05, 4.69) is 20.8 Å². The van der Waals surface area contributed by atoms with E-state index in [9.17, 15) is 29.1 Å². The predicted octanol–water partition coefficient (Wildman–Crippen LogP) is -0.282. The number of aliphatic carboxylic acids is 2. The van der Waals surface area contributed by atoms with Crippen molar-refractivity contribution in [3.05, 3.63) is 47.0 Å². The zero-order valence-electron chi connectivity index (χ0n) is 19.3. The van der Waals surface area contributed by atoms with E-state index in [0.29, 0.717) is 16.8 Å². The van der Waals surface area contributed by atoms with Gasteiger partial charge in [0.1, 0.15) is 29.6 Å². The molecule has 1 aromatic heterocycles. The number of anilines is 1. The number of benzene rings is 1. The van der Waals surface area contributed by atoms with Crippen LogP contribution in [0.25, 0.3) is 0 Å². The SMILES string of the molecule is NC(=O)Nc1cccc(C(N)C(=O)NC2C(=O)N3C(C(=O)O)=C(CSc4nnc(CC(=O)O)o4)CS[C@@H]23)c1. The van der Waals surface area contributed by atoms with Crippen molar-refractivity contribution >= 4 is 59.0 Å². The van der Waals surface area contributed by atoms with Gasteiger partial charge in [-0.1, -0.05) is 23.9 Å². The monoisotopic (exact) mass is 563 g/mol. The second kappa shape index (κ2) is 11.1. The number of nitrogens with zero attached hydrogens (tertiary/aromatic N) is 3. The third-order valence-electron chi connectivity index (χ3n) is 5.46. The number of amides is 4. The Morgan fingerprint density at radius 1 is 1.26 bits per heavy atom. The van der Waals surface area contributed by atoms with Gasteiger partial charge in [-0.3, -0.25) is 19.3 Å². The molecule has 0 bridgehead atoms. The minimum absolute atomic E-state index is 0.0646. The van der Waals surface area contributed by atoms with Gasteiger partial charge in [0.15, 0.2) is 0 Å². The second-order valence-corrected chi connectivity index (χ2v) is 10.1. The maximum atomic E-state index is 12.9. The van der Waals surface area contributed by atoms with Gasteiger partial charge in [0, 0.05) is 17.2 Å². The first-order valence-electron chi connectivity index (χ1n) is 10.8. The molecule has 1 fully saturated rings. The van der Waals surface area contributed by atoms with Crippen LogP contribution in [0, 0.1) is 0 Å². The lowest BCUT2D eigenvalue weighted by Gasteiger charge is -2.49. The molecular formula is C21H21N7O8S2. The molecule has 2 unspecified atom stereocenters. The molecule has 3 heterocycles. The highest BCUT2D eigenvalue weighted by Gasteiger charge is 2.54. The van der Waals surface area contributed by atoms with E-state index in [1.807, 2.05) is 0 Å². The average molecular weight is 564 g/mol. The Hall–Kier alpha value is -4.09. The fourth-order valence-corrected chi connectivity index (χ4v) is 6.05. The van der Waals surface area contributed by atoms with Gasteiger partial charge in [-0.2, -0.15) is 0 Å². The number of rotatable bonds is 10. The highest BCUT2D eigenvalue weighted by molar-refractivity contribution is 8.01. The van der Waals surface area contributed by atoms with Gasteiger partial charge in [0.25, 0.3) is 11.1 Å². The Morgan fingerprint density at radius 3 is 2.71 bits per heavy atom. The Bertz CT molecular complexity index is 1350. The molecule has 3 atom stereocenters. The minimum Gasteiger partial charge on any atom is -0.481 e. The van der Waals surface area contributed by atoms with E-state index in [0.717, 1.165) is 16.7 Å². The summed E-state index contributed by atoms with van der Waals surface area (Å²) in [6.45, 7) is 0. The standard InChI is InChI=1S/C21H21N7O8S2/c22-13(8-2-1-3-10(4-8)24-20(23)35)16(31)25-14-17(32)28-15(19(33)34)9(6-37-18(14)28)7-38-21-27-26-11(36-21)5-12(29)30/h1-4,13-14,18H,5-7,22H2,(H,25,31)(H,29,30)(H,33,34)(H3,23,24,35)/t13?,14?,18-/m0/s1. The molecule has 4 rings (SSSR count). The number of hydrogen-bond acceptors (Lipinski definition) is 11. The number of carbonyl (C=O) groups excluding carboxylic acids is 3. The van der Waals surface area contributed by atoms with Gasteiger partial charge in [0.05, 0.1) is 0 Å². The maximum Gasteiger partial charge on any atom is 0.352 e. The van der Waals surface area contributed by atoms with E-state index < -0.39 is 53.7 Å². The largest absolute Gasteiger partial charge is 0.481 e. The van der Waals surface area contributed by atoms with Gasteiger partial charge in [0.2, 0.25) is 11.8 Å². The Kier molecular flexibility index (Phi) is 7.88. The van der Waals surface area contributed by atoms with Crippen molar-refractivity contribution in [2.45, 2.75) is 29.1 Å². The number of nitrogens with two attached hydrogens (primary N) is 2.